The summed E-state index contributed by atoms with van der Waals surface area (Å²) in [4.78, 5) is 4.39. The summed E-state index contributed by atoms with van der Waals surface area (Å²) in [7, 11) is 0. The van der Waals surface area contributed by atoms with Gasteiger partial charge in [0, 0.05) is 11.8 Å². The number of hydrogen-bond donors (Lipinski definition) is 0. The molecule has 1 aliphatic carbocycles. The van der Waals surface area contributed by atoms with Gasteiger partial charge in [-0.3, -0.25) is 4.98 Å². The molecule has 0 saturated carbocycles. The van der Waals surface area contributed by atoms with Gasteiger partial charge in [-0.1, -0.05) is 36.4 Å². The largest absolute Gasteiger partial charge is 0.256 e. The number of rotatable bonds is 1. The Labute approximate surface area is 89.1 Å². The van der Waals surface area contributed by atoms with E-state index < -0.39 is 0 Å². The van der Waals surface area contributed by atoms with Crippen LogP contribution in [0.1, 0.15) is 11.1 Å². The van der Waals surface area contributed by atoms with Crippen molar-refractivity contribution in [1.29, 1.82) is 0 Å². The molecule has 72 valence electrons. The van der Waals surface area contributed by atoms with Crippen molar-refractivity contribution in [1.82, 2.24) is 4.98 Å². The van der Waals surface area contributed by atoms with E-state index in [1.54, 1.807) is 0 Å². The van der Waals surface area contributed by atoms with Crippen molar-refractivity contribution in [3.05, 3.63) is 59.8 Å². The highest BCUT2D eigenvalue weighted by Gasteiger charge is 2.10. The monoisotopic (exact) mass is 193 g/mol. The predicted octanol–water partition coefficient (Wildman–Crippen LogP) is 3.32. The number of hydrogen-bond acceptors (Lipinski definition) is 1. The second kappa shape index (κ2) is 3.35. The molecule has 1 aromatic carbocycles. The molecule has 1 heterocycles. The Morgan fingerprint density at radius 2 is 2.00 bits per heavy atom. The smallest absolute Gasteiger partial charge is 0.0708 e. The molecule has 1 nitrogen and oxygen atoms in total. The van der Waals surface area contributed by atoms with Gasteiger partial charge in [0.05, 0.1) is 5.69 Å². The van der Waals surface area contributed by atoms with Gasteiger partial charge in [0.15, 0.2) is 0 Å². The lowest BCUT2D eigenvalue weighted by atomic mass is 10.0. The minimum absolute atomic E-state index is 1.05. The summed E-state index contributed by atoms with van der Waals surface area (Å²) in [5.41, 5.74) is 5.03. The molecule has 3 rings (SSSR count). The van der Waals surface area contributed by atoms with Gasteiger partial charge in [0.1, 0.15) is 0 Å². The standard InChI is InChI=1S/C14H11N/c1-2-10-15-14(9-1)13-8-4-6-11-5-3-7-12(11)13/h1-4,6-10H,5H2. The first kappa shape index (κ1) is 8.42. The van der Waals surface area contributed by atoms with Crippen LogP contribution in [0.25, 0.3) is 17.3 Å². The lowest BCUT2D eigenvalue weighted by Crippen LogP contribution is -1.88. The molecule has 0 bridgehead atoms. The molecule has 0 saturated heterocycles. The van der Waals surface area contributed by atoms with E-state index in [1.165, 1.54) is 16.7 Å². The van der Waals surface area contributed by atoms with Gasteiger partial charge < -0.3 is 0 Å². The first-order valence-electron chi connectivity index (χ1n) is 5.15. The molecule has 0 radical (unpaired) electrons. The fourth-order valence-corrected chi connectivity index (χ4v) is 2.04. The average molecular weight is 193 g/mol. The molecule has 15 heavy (non-hydrogen) atoms. The number of benzene rings is 1. The Hall–Kier alpha value is -1.89. The third kappa shape index (κ3) is 1.37. The van der Waals surface area contributed by atoms with Crippen LogP contribution in [-0.4, -0.2) is 4.98 Å². The van der Waals surface area contributed by atoms with Crippen LogP contribution >= 0.6 is 0 Å². The van der Waals surface area contributed by atoms with Gasteiger partial charge in [0.2, 0.25) is 0 Å². The molecule has 0 N–H and O–H groups in total. The van der Waals surface area contributed by atoms with Crippen molar-refractivity contribution in [3.8, 4) is 11.3 Å². The molecular formula is C14H11N. The first-order chi connectivity index (χ1) is 7.45. The van der Waals surface area contributed by atoms with Gasteiger partial charge in [-0.2, -0.15) is 0 Å². The summed E-state index contributed by atoms with van der Waals surface area (Å²) in [6.07, 6.45) is 7.29. The normalized spacial score (nSPS) is 12.8. The lowest BCUT2D eigenvalue weighted by Gasteiger charge is -2.06. The molecular weight excluding hydrogens is 182 g/mol. The van der Waals surface area contributed by atoms with Crippen LogP contribution in [0.15, 0.2) is 48.7 Å². The van der Waals surface area contributed by atoms with Gasteiger partial charge >= 0.3 is 0 Å². The third-order valence-electron chi connectivity index (χ3n) is 2.76. The number of allylic oxidation sites excluding steroid dienone is 1. The molecule has 0 fully saturated rings. The zero-order valence-corrected chi connectivity index (χ0v) is 8.35. The molecule has 1 heteroatoms. The topological polar surface area (TPSA) is 12.9 Å². The zero-order chi connectivity index (χ0) is 10.1. The quantitative estimate of drug-likeness (QED) is 0.677. The van der Waals surface area contributed by atoms with Crippen LogP contribution in [0.5, 0.6) is 0 Å². The van der Waals surface area contributed by atoms with E-state index in [9.17, 15) is 0 Å². The maximum atomic E-state index is 4.39. The third-order valence-corrected chi connectivity index (χ3v) is 2.76. The van der Waals surface area contributed by atoms with Crippen molar-refractivity contribution in [2.45, 2.75) is 6.42 Å². The van der Waals surface area contributed by atoms with E-state index >= 15 is 0 Å². The van der Waals surface area contributed by atoms with Crippen molar-refractivity contribution >= 4 is 6.08 Å². The highest BCUT2D eigenvalue weighted by molar-refractivity contribution is 5.77. The second-order valence-electron chi connectivity index (χ2n) is 3.70. The highest BCUT2D eigenvalue weighted by atomic mass is 14.7. The molecule has 1 aromatic heterocycles. The van der Waals surface area contributed by atoms with E-state index in [4.69, 9.17) is 0 Å². The zero-order valence-electron chi connectivity index (χ0n) is 8.35. The Morgan fingerprint density at radius 3 is 2.87 bits per heavy atom. The Morgan fingerprint density at radius 1 is 1.00 bits per heavy atom. The van der Waals surface area contributed by atoms with E-state index in [-0.39, 0.29) is 0 Å². The maximum Gasteiger partial charge on any atom is 0.0708 e. The van der Waals surface area contributed by atoms with Crippen LogP contribution in [0.3, 0.4) is 0 Å². The van der Waals surface area contributed by atoms with E-state index in [2.05, 4.69) is 41.4 Å². The number of aromatic nitrogens is 1. The van der Waals surface area contributed by atoms with E-state index in [0.29, 0.717) is 0 Å². The molecule has 0 unspecified atom stereocenters. The highest BCUT2D eigenvalue weighted by Crippen LogP contribution is 2.29. The molecule has 0 spiro atoms. The predicted molar refractivity (Wildman–Crippen MR) is 62.4 cm³/mol. The van der Waals surface area contributed by atoms with Crippen molar-refractivity contribution < 1.29 is 0 Å². The summed E-state index contributed by atoms with van der Waals surface area (Å²) in [6.45, 7) is 0. The van der Waals surface area contributed by atoms with Gasteiger partial charge in [-0.05, 0) is 29.7 Å². The fraction of sp³-hybridized carbons (Fsp3) is 0.0714. The molecule has 0 amide bonds. The molecule has 0 atom stereocenters. The van der Waals surface area contributed by atoms with Crippen molar-refractivity contribution in [2.75, 3.05) is 0 Å². The Bertz CT molecular complexity index is 512. The van der Waals surface area contributed by atoms with Crippen LogP contribution in [0.4, 0.5) is 0 Å². The fourth-order valence-electron chi connectivity index (χ4n) is 2.04. The summed E-state index contributed by atoms with van der Waals surface area (Å²) < 4.78 is 0. The Kier molecular flexibility index (Phi) is 1.88. The van der Waals surface area contributed by atoms with Crippen LogP contribution in [0.2, 0.25) is 0 Å². The van der Waals surface area contributed by atoms with E-state index in [0.717, 1.165) is 12.1 Å². The van der Waals surface area contributed by atoms with Gasteiger partial charge in [-0.15, -0.1) is 0 Å². The molecule has 0 aliphatic heterocycles. The molecule has 2 aromatic rings. The minimum atomic E-state index is 1.05. The Balaban J connectivity index is 2.21. The van der Waals surface area contributed by atoms with E-state index in [1.807, 2.05) is 18.3 Å². The van der Waals surface area contributed by atoms with Crippen molar-refractivity contribution in [3.63, 3.8) is 0 Å². The minimum Gasteiger partial charge on any atom is -0.256 e. The second-order valence-corrected chi connectivity index (χ2v) is 3.70. The summed E-state index contributed by atoms with van der Waals surface area (Å²) in [6, 6.07) is 12.5. The summed E-state index contributed by atoms with van der Waals surface area (Å²) in [5, 5.41) is 0. The van der Waals surface area contributed by atoms with Crippen LogP contribution in [-0.2, 0) is 6.42 Å². The number of pyridine rings is 1. The SMILES string of the molecule is C1=Cc2c(cccc2-c2ccccn2)C1. The first-order valence-corrected chi connectivity index (χ1v) is 5.15. The molecule has 1 aliphatic rings. The van der Waals surface area contributed by atoms with Crippen molar-refractivity contribution in [2.24, 2.45) is 0 Å². The summed E-state index contributed by atoms with van der Waals surface area (Å²) in [5.74, 6) is 0. The maximum absolute atomic E-state index is 4.39. The van der Waals surface area contributed by atoms with Gasteiger partial charge in [0.25, 0.3) is 0 Å². The van der Waals surface area contributed by atoms with Crippen LogP contribution < -0.4 is 0 Å². The average Bonchev–Trinajstić information content (AvgIpc) is 2.78. The lowest BCUT2D eigenvalue weighted by molar-refractivity contribution is 1.28. The summed E-state index contributed by atoms with van der Waals surface area (Å²) >= 11 is 0. The van der Waals surface area contributed by atoms with Gasteiger partial charge in [-0.25, -0.2) is 0 Å². The number of fused-ring (bicyclic) bond motifs is 1. The van der Waals surface area contributed by atoms with Crippen LogP contribution in [0, 0.1) is 0 Å². The number of nitrogens with zero attached hydrogens (tertiary/aromatic N) is 1.